The minimum atomic E-state index is -0.729. The number of nitrogens with two attached hydrogens (primary N) is 1. The average molecular weight is 368 g/mol. The molecule has 0 atom stereocenters. The number of carbonyl (C=O) groups is 1. The Morgan fingerprint density at radius 1 is 1.19 bits per heavy atom. The second-order valence-electron chi connectivity index (χ2n) is 5.58. The molecule has 1 aromatic heterocycles. The summed E-state index contributed by atoms with van der Waals surface area (Å²) in [5.74, 6) is 0.0886. The first-order valence-corrected chi connectivity index (χ1v) is 7.87. The standard InChI is InChI=1S/C18H16N4O5/c1-11-16(17(19)23)20-21(12-7-9-13(26-2)10-8-12)18(11)27-15-6-4-3-5-14(15)22(24)25/h3-10H,1-2H3,(H2,19,23). The van der Waals surface area contributed by atoms with Gasteiger partial charge in [-0.15, -0.1) is 0 Å². The maximum Gasteiger partial charge on any atom is 0.311 e. The van der Waals surface area contributed by atoms with Gasteiger partial charge in [0, 0.05) is 11.6 Å². The van der Waals surface area contributed by atoms with E-state index in [1.54, 1.807) is 44.4 Å². The largest absolute Gasteiger partial charge is 0.497 e. The minimum absolute atomic E-state index is 0.0133. The van der Waals surface area contributed by atoms with E-state index in [0.29, 0.717) is 17.0 Å². The first-order valence-electron chi connectivity index (χ1n) is 7.87. The summed E-state index contributed by atoms with van der Waals surface area (Å²) < 4.78 is 12.3. The van der Waals surface area contributed by atoms with Gasteiger partial charge >= 0.3 is 5.69 Å². The Morgan fingerprint density at radius 2 is 1.85 bits per heavy atom. The fraction of sp³-hybridized carbons (Fsp3) is 0.111. The topological polar surface area (TPSA) is 123 Å². The predicted octanol–water partition coefficient (Wildman–Crippen LogP) is 2.99. The summed E-state index contributed by atoms with van der Waals surface area (Å²) in [6.07, 6.45) is 0. The van der Waals surface area contributed by atoms with Crippen LogP contribution in [0.25, 0.3) is 5.69 Å². The number of nitrogens with zero attached hydrogens (tertiary/aromatic N) is 3. The number of nitro groups is 1. The highest BCUT2D eigenvalue weighted by Crippen LogP contribution is 2.35. The third-order valence-electron chi connectivity index (χ3n) is 3.89. The van der Waals surface area contributed by atoms with E-state index in [1.165, 1.54) is 22.9 Å². The number of methoxy groups -OCH3 is 1. The molecule has 0 radical (unpaired) electrons. The number of ether oxygens (including phenoxy) is 2. The zero-order valence-corrected chi connectivity index (χ0v) is 14.6. The van der Waals surface area contributed by atoms with Gasteiger partial charge in [-0.25, -0.2) is 0 Å². The van der Waals surface area contributed by atoms with Crippen molar-refractivity contribution in [3.63, 3.8) is 0 Å². The van der Waals surface area contributed by atoms with Crippen molar-refractivity contribution in [1.29, 1.82) is 0 Å². The summed E-state index contributed by atoms with van der Waals surface area (Å²) in [5, 5.41) is 15.5. The van der Waals surface area contributed by atoms with Crippen LogP contribution >= 0.6 is 0 Å². The van der Waals surface area contributed by atoms with E-state index in [4.69, 9.17) is 15.2 Å². The summed E-state index contributed by atoms with van der Waals surface area (Å²) in [7, 11) is 1.54. The monoisotopic (exact) mass is 368 g/mol. The molecule has 27 heavy (non-hydrogen) atoms. The molecule has 1 amide bonds. The lowest BCUT2D eigenvalue weighted by Crippen LogP contribution is -2.13. The molecule has 9 nitrogen and oxygen atoms in total. The van der Waals surface area contributed by atoms with Crippen LogP contribution in [0.2, 0.25) is 0 Å². The van der Waals surface area contributed by atoms with Gasteiger partial charge in [-0.1, -0.05) is 12.1 Å². The molecule has 0 fully saturated rings. The molecule has 3 rings (SSSR count). The Balaban J connectivity index is 2.13. The summed E-state index contributed by atoms with van der Waals surface area (Å²) in [5.41, 5.74) is 6.14. The number of aromatic nitrogens is 2. The van der Waals surface area contributed by atoms with Crippen molar-refractivity contribution in [3.05, 3.63) is 69.9 Å². The first-order chi connectivity index (χ1) is 12.9. The Hall–Kier alpha value is -3.88. The van der Waals surface area contributed by atoms with Crippen LogP contribution in [-0.4, -0.2) is 27.7 Å². The van der Waals surface area contributed by atoms with Crippen LogP contribution in [0.5, 0.6) is 17.4 Å². The lowest BCUT2D eigenvalue weighted by molar-refractivity contribution is -0.385. The number of hydrogen-bond acceptors (Lipinski definition) is 6. The smallest absolute Gasteiger partial charge is 0.311 e. The number of nitro benzene ring substituents is 1. The molecule has 2 N–H and O–H groups in total. The van der Waals surface area contributed by atoms with Crippen LogP contribution in [0.15, 0.2) is 48.5 Å². The molecule has 1 heterocycles. The number of amides is 1. The van der Waals surface area contributed by atoms with E-state index in [9.17, 15) is 14.9 Å². The Kier molecular flexibility index (Phi) is 4.75. The van der Waals surface area contributed by atoms with Gasteiger partial charge in [-0.2, -0.15) is 9.78 Å². The fourth-order valence-electron chi connectivity index (χ4n) is 2.53. The third kappa shape index (κ3) is 3.43. The number of para-hydroxylation sites is 2. The van der Waals surface area contributed by atoms with Crippen molar-refractivity contribution in [3.8, 4) is 23.1 Å². The van der Waals surface area contributed by atoms with Crippen LogP contribution in [0.1, 0.15) is 16.1 Å². The van der Waals surface area contributed by atoms with Gasteiger partial charge in [0.05, 0.1) is 17.7 Å². The molecular formula is C18H16N4O5. The summed E-state index contributed by atoms with van der Waals surface area (Å²) in [6, 6.07) is 12.8. The van der Waals surface area contributed by atoms with Crippen molar-refractivity contribution in [2.45, 2.75) is 6.92 Å². The van der Waals surface area contributed by atoms with E-state index in [2.05, 4.69) is 5.10 Å². The SMILES string of the molecule is COc1ccc(-n2nc(C(N)=O)c(C)c2Oc2ccccc2[N+](=O)[O-])cc1. The molecule has 0 aliphatic carbocycles. The van der Waals surface area contributed by atoms with E-state index in [0.717, 1.165) is 0 Å². The first kappa shape index (κ1) is 17.9. The normalized spacial score (nSPS) is 10.4. The van der Waals surface area contributed by atoms with Gasteiger partial charge in [0.2, 0.25) is 11.6 Å². The van der Waals surface area contributed by atoms with Crippen LogP contribution in [-0.2, 0) is 0 Å². The van der Waals surface area contributed by atoms with E-state index >= 15 is 0 Å². The Morgan fingerprint density at radius 3 is 2.44 bits per heavy atom. The van der Waals surface area contributed by atoms with E-state index in [-0.39, 0.29) is 23.0 Å². The molecule has 0 bridgehead atoms. The van der Waals surface area contributed by atoms with Crippen molar-refractivity contribution in [2.75, 3.05) is 7.11 Å². The summed E-state index contributed by atoms with van der Waals surface area (Å²) in [4.78, 5) is 22.4. The molecule has 0 aliphatic heterocycles. The van der Waals surface area contributed by atoms with E-state index in [1.807, 2.05) is 0 Å². The molecular weight excluding hydrogens is 352 g/mol. The summed E-state index contributed by atoms with van der Waals surface area (Å²) in [6.45, 7) is 1.61. The lowest BCUT2D eigenvalue weighted by atomic mass is 10.2. The van der Waals surface area contributed by atoms with E-state index < -0.39 is 10.8 Å². The van der Waals surface area contributed by atoms with Crippen molar-refractivity contribution in [1.82, 2.24) is 9.78 Å². The number of primary amides is 1. The molecule has 138 valence electrons. The maximum absolute atomic E-state index is 11.7. The van der Waals surface area contributed by atoms with Gasteiger partial charge in [0.1, 0.15) is 5.75 Å². The van der Waals surface area contributed by atoms with Gasteiger partial charge in [0.25, 0.3) is 5.91 Å². The molecule has 2 aromatic carbocycles. The molecule has 0 unspecified atom stereocenters. The number of rotatable bonds is 6. The second-order valence-corrected chi connectivity index (χ2v) is 5.58. The molecule has 0 saturated heterocycles. The molecule has 0 aliphatic rings. The number of hydrogen-bond donors (Lipinski definition) is 1. The highest BCUT2D eigenvalue weighted by atomic mass is 16.6. The zero-order valence-electron chi connectivity index (χ0n) is 14.6. The Bertz CT molecular complexity index is 1010. The van der Waals surface area contributed by atoms with Crippen LogP contribution in [0, 0.1) is 17.0 Å². The predicted molar refractivity (Wildman–Crippen MR) is 96.5 cm³/mol. The number of benzene rings is 2. The van der Waals surface area contributed by atoms with Gasteiger partial charge in [-0.05, 0) is 37.3 Å². The van der Waals surface area contributed by atoms with Crippen molar-refractivity contribution >= 4 is 11.6 Å². The van der Waals surface area contributed by atoms with Crippen LogP contribution < -0.4 is 15.2 Å². The summed E-state index contributed by atoms with van der Waals surface area (Å²) >= 11 is 0. The number of carbonyl (C=O) groups excluding carboxylic acids is 1. The minimum Gasteiger partial charge on any atom is -0.497 e. The van der Waals surface area contributed by atoms with Gasteiger partial charge < -0.3 is 15.2 Å². The second kappa shape index (κ2) is 7.16. The third-order valence-corrected chi connectivity index (χ3v) is 3.89. The Labute approximate surface area is 154 Å². The molecule has 3 aromatic rings. The lowest BCUT2D eigenvalue weighted by Gasteiger charge is -2.10. The molecule has 0 saturated carbocycles. The zero-order chi connectivity index (χ0) is 19.6. The quantitative estimate of drug-likeness (QED) is 0.527. The average Bonchev–Trinajstić information content (AvgIpc) is 2.99. The van der Waals surface area contributed by atoms with Gasteiger partial charge in [-0.3, -0.25) is 14.9 Å². The molecule has 0 spiro atoms. The van der Waals surface area contributed by atoms with Gasteiger partial charge in [0.15, 0.2) is 5.69 Å². The van der Waals surface area contributed by atoms with Crippen LogP contribution in [0.3, 0.4) is 0 Å². The van der Waals surface area contributed by atoms with Crippen LogP contribution in [0.4, 0.5) is 5.69 Å². The molecule has 9 heteroatoms. The van der Waals surface area contributed by atoms with Crippen molar-refractivity contribution < 1.29 is 19.2 Å². The van der Waals surface area contributed by atoms with Crippen molar-refractivity contribution in [2.24, 2.45) is 5.73 Å². The fourth-order valence-corrected chi connectivity index (χ4v) is 2.53. The highest BCUT2D eigenvalue weighted by Gasteiger charge is 2.24. The maximum atomic E-state index is 11.7. The highest BCUT2D eigenvalue weighted by molar-refractivity contribution is 5.93.